The van der Waals surface area contributed by atoms with Crippen molar-refractivity contribution in [3.8, 4) is 5.75 Å². The molecule has 0 saturated heterocycles. The van der Waals surface area contributed by atoms with Crippen molar-refractivity contribution in [1.82, 2.24) is 0 Å². The van der Waals surface area contributed by atoms with Crippen LogP contribution in [-0.2, 0) is 17.6 Å². The first-order valence-electron chi connectivity index (χ1n) is 5.24. The molecule has 0 aromatic heterocycles. The van der Waals surface area contributed by atoms with Crippen molar-refractivity contribution in [3.63, 3.8) is 0 Å². The lowest BCUT2D eigenvalue weighted by atomic mass is 9.78. The highest BCUT2D eigenvalue weighted by Gasteiger charge is 2.35. The van der Waals surface area contributed by atoms with E-state index in [2.05, 4.69) is 0 Å². The Balaban J connectivity index is 2.27. The minimum atomic E-state index is -1.17. The van der Waals surface area contributed by atoms with E-state index in [9.17, 15) is 15.0 Å². The monoisotopic (exact) mass is 222 g/mol. The van der Waals surface area contributed by atoms with Crippen molar-refractivity contribution in [1.29, 1.82) is 0 Å². The van der Waals surface area contributed by atoms with Crippen LogP contribution < -0.4 is 0 Å². The largest absolute Gasteiger partial charge is 0.508 e. The van der Waals surface area contributed by atoms with Crippen LogP contribution in [0.1, 0.15) is 24.0 Å². The predicted molar refractivity (Wildman–Crippen MR) is 57.3 cm³/mol. The van der Waals surface area contributed by atoms with Gasteiger partial charge in [-0.1, -0.05) is 12.1 Å². The van der Waals surface area contributed by atoms with E-state index in [1.807, 2.05) is 6.07 Å². The molecule has 1 aromatic rings. The van der Waals surface area contributed by atoms with Gasteiger partial charge in [0.05, 0.1) is 12.0 Å². The third kappa shape index (κ3) is 2.02. The Morgan fingerprint density at radius 2 is 2.19 bits per heavy atom. The second-order valence-electron chi connectivity index (χ2n) is 4.39. The molecule has 2 rings (SSSR count). The molecule has 16 heavy (non-hydrogen) atoms. The Hall–Kier alpha value is -1.55. The molecule has 1 aliphatic rings. The summed E-state index contributed by atoms with van der Waals surface area (Å²) in [7, 11) is 0. The third-order valence-electron chi connectivity index (χ3n) is 3.09. The summed E-state index contributed by atoms with van der Waals surface area (Å²) in [6, 6.07) is 5.14. The number of benzene rings is 1. The number of carbonyl (C=O) groups is 1. The van der Waals surface area contributed by atoms with E-state index in [1.165, 1.54) is 0 Å². The van der Waals surface area contributed by atoms with Gasteiger partial charge in [-0.25, -0.2) is 0 Å². The number of hydrogen-bond acceptors (Lipinski definition) is 3. The van der Waals surface area contributed by atoms with E-state index in [1.54, 1.807) is 12.1 Å². The van der Waals surface area contributed by atoms with Crippen LogP contribution >= 0.6 is 0 Å². The van der Waals surface area contributed by atoms with E-state index in [0.29, 0.717) is 19.3 Å². The van der Waals surface area contributed by atoms with Crippen molar-refractivity contribution in [2.24, 2.45) is 0 Å². The van der Waals surface area contributed by atoms with Gasteiger partial charge in [-0.15, -0.1) is 0 Å². The van der Waals surface area contributed by atoms with Crippen molar-refractivity contribution < 1.29 is 20.1 Å². The van der Waals surface area contributed by atoms with Gasteiger partial charge in [0.1, 0.15) is 5.75 Å². The molecule has 0 aliphatic heterocycles. The first-order chi connectivity index (χ1) is 7.50. The highest BCUT2D eigenvalue weighted by Crippen LogP contribution is 2.35. The molecule has 0 saturated carbocycles. The molecule has 0 amide bonds. The summed E-state index contributed by atoms with van der Waals surface area (Å²) in [6.07, 6.45) is 0.945. The van der Waals surface area contributed by atoms with Gasteiger partial charge >= 0.3 is 5.97 Å². The summed E-state index contributed by atoms with van der Waals surface area (Å²) in [6.45, 7) is 0. The minimum Gasteiger partial charge on any atom is -0.508 e. The Morgan fingerprint density at radius 1 is 1.44 bits per heavy atom. The summed E-state index contributed by atoms with van der Waals surface area (Å²) >= 11 is 0. The fraction of sp³-hybridized carbons (Fsp3) is 0.417. The highest BCUT2D eigenvalue weighted by atomic mass is 16.4. The quantitative estimate of drug-likeness (QED) is 0.700. The SMILES string of the molecule is O=C(O)CC1(O)CCc2c(O)cccc2C1. The van der Waals surface area contributed by atoms with Gasteiger partial charge < -0.3 is 15.3 Å². The average Bonchev–Trinajstić information content (AvgIpc) is 2.15. The van der Waals surface area contributed by atoms with Crippen LogP contribution in [0, 0.1) is 0 Å². The lowest BCUT2D eigenvalue weighted by molar-refractivity contribution is -0.143. The number of aromatic hydroxyl groups is 1. The van der Waals surface area contributed by atoms with Crippen LogP contribution in [0.15, 0.2) is 18.2 Å². The second kappa shape index (κ2) is 3.79. The van der Waals surface area contributed by atoms with Gasteiger partial charge in [-0.3, -0.25) is 4.79 Å². The molecular weight excluding hydrogens is 208 g/mol. The molecule has 1 unspecified atom stereocenters. The number of phenolic OH excluding ortho intramolecular Hbond substituents is 1. The second-order valence-corrected chi connectivity index (χ2v) is 4.39. The number of aliphatic hydroxyl groups is 1. The predicted octanol–water partition coefficient (Wildman–Crippen LogP) is 1.09. The number of phenols is 1. The van der Waals surface area contributed by atoms with Crippen molar-refractivity contribution in [2.45, 2.75) is 31.3 Å². The minimum absolute atomic E-state index is 0.231. The maximum atomic E-state index is 10.6. The maximum Gasteiger partial charge on any atom is 0.306 e. The summed E-state index contributed by atoms with van der Waals surface area (Å²) in [5.41, 5.74) is 0.500. The van der Waals surface area contributed by atoms with Crippen LogP contribution in [0.25, 0.3) is 0 Å². The van der Waals surface area contributed by atoms with Crippen LogP contribution in [0.5, 0.6) is 5.75 Å². The van der Waals surface area contributed by atoms with Crippen molar-refractivity contribution in [2.75, 3.05) is 0 Å². The first kappa shape index (κ1) is 11.0. The molecule has 3 N–H and O–H groups in total. The summed E-state index contributed by atoms with van der Waals surface area (Å²) in [5, 5.41) is 28.5. The number of aliphatic carboxylic acids is 1. The number of fused-ring (bicyclic) bond motifs is 1. The topological polar surface area (TPSA) is 77.8 Å². The molecule has 0 radical (unpaired) electrons. The number of carboxylic acid groups (broad SMARTS) is 1. The summed E-state index contributed by atoms with van der Waals surface area (Å²) in [5.74, 6) is -0.763. The molecule has 4 nitrogen and oxygen atoms in total. The van der Waals surface area contributed by atoms with Gasteiger partial charge in [-0.05, 0) is 30.0 Å². The average molecular weight is 222 g/mol. The van der Waals surface area contributed by atoms with Crippen LogP contribution in [-0.4, -0.2) is 26.9 Å². The highest BCUT2D eigenvalue weighted by molar-refractivity contribution is 5.68. The van der Waals surface area contributed by atoms with E-state index >= 15 is 0 Å². The van der Waals surface area contributed by atoms with E-state index in [0.717, 1.165) is 11.1 Å². The van der Waals surface area contributed by atoms with Gasteiger partial charge in [0.25, 0.3) is 0 Å². The van der Waals surface area contributed by atoms with Crippen LogP contribution in [0.2, 0.25) is 0 Å². The zero-order chi connectivity index (χ0) is 11.8. The van der Waals surface area contributed by atoms with E-state index < -0.39 is 11.6 Å². The molecule has 4 heteroatoms. The Bertz CT molecular complexity index is 427. The Labute approximate surface area is 93.2 Å². The molecular formula is C12H14O4. The molecule has 0 spiro atoms. The van der Waals surface area contributed by atoms with E-state index in [-0.39, 0.29) is 12.2 Å². The van der Waals surface area contributed by atoms with E-state index in [4.69, 9.17) is 5.11 Å². The number of carboxylic acids is 1. The summed E-state index contributed by atoms with van der Waals surface area (Å²) < 4.78 is 0. The lowest BCUT2D eigenvalue weighted by Crippen LogP contribution is -2.38. The molecule has 1 aromatic carbocycles. The van der Waals surface area contributed by atoms with Crippen LogP contribution in [0.3, 0.4) is 0 Å². The van der Waals surface area contributed by atoms with Crippen molar-refractivity contribution in [3.05, 3.63) is 29.3 Å². The Morgan fingerprint density at radius 3 is 2.88 bits per heavy atom. The smallest absolute Gasteiger partial charge is 0.306 e. The zero-order valence-electron chi connectivity index (χ0n) is 8.81. The van der Waals surface area contributed by atoms with Crippen LogP contribution in [0.4, 0.5) is 0 Å². The van der Waals surface area contributed by atoms with Crippen molar-refractivity contribution >= 4 is 5.97 Å². The first-order valence-corrected chi connectivity index (χ1v) is 5.24. The van der Waals surface area contributed by atoms with Gasteiger partial charge in [0.2, 0.25) is 0 Å². The zero-order valence-corrected chi connectivity index (χ0v) is 8.81. The maximum absolute atomic E-state index is 10.6. The molecule has 1 aliphatic carbocycles. The Kier molecular flexibility index (Phi) is 2.59. The fourth-order valence-corrected chi connectivity index (χ4v) is 2.31. The summed E-state index contributed by atoms with van der Waals surface area (Å²) in [4.78, 5) is 10.6. The molecule has 0 heterocycles. The standard InChI is InChI=1S/C12H14O4/c13-10-3-1-2-8-6-12(16,7-11(14)15)5-4-9(8)10/h1-3,13,16H,4-7H2,(H,14,15). The molecule has 86 valence electrons. The van der Waals surface area contributed by atoms with Gasteiger partial charge in [-0.2, -0.15) is 0 Å². The molecule has 0 bridgehead atoms. The van der Waals surface area contributed by atoms with Gasteiger partial charge in [0.15, 0.2) is 0 Å². The molecule has 1 atom stereocenters. The molecule has 0 fully saturated rings. The van der Waals surface area contributed by atoms with Gasteiger partial charge in [0, 0.05) is 6.42 Å². The number of hydrogen-bond donors (Lipinski definition) is 3. The lowest BCUT2D eigenvalue weighted by Gasteiger charge is -2.32. The normalized spacial score (nSPS) is 23.8. The third-order valence-corrected chi connectivity index (χ3v) is 3.09. The fourth-order valence-electron chi connectivity index (χ4n) is 2.31. The number of rotatable bonds is 2.